The highest BCUT2D eigenvalue weighted by atomic mass is 16.7. The second-order valence-corrected chi connectivity index (χ2v) is 20.0. The van der Waals surface area contributed by atoms with Crippen molar-refractivity contribution in [2.75, 3.05) is 7.11 Å². The molecule has 0 spiro atoms. The van der Waals surface area contributed by atoms with Crippen LogP contribution in [0.4, 0.5) is 4.79 Å². The second kappa shape index (κ2) is 19.7. The van der Waals surface area contributed by atoms with E-state index in [1.54, 1.807) is 27.7 Å². The molecule has 1 amide bonds. The average molecular weight is 1010 g/mol. The SMILES string of the molecule is CO[C@@H]1C[C@@H](O[C@H]2C=C(C)[C@@H](O)[C@]3(O)[C@@H](OC(C)=O)[C@@H](O)C4=C(C(=O)c5ccc([C@H]6C[C@@H](O[C@H]7C[C@](C)(O)[C@H](O[C@H]8CC[C@H](O)[C@@H](C)O8)[C@@H](C)O7)[C@H](O)[C@@H](C)O6)c(O)c5C4=O)[C@]23O)O[C@H](C)[C@H]1OC(N)=O. The fourth-order valence-corrected chi connectivity index (χ4v) is 11.5. The lowest BCUT2D eigenvalue weighted by Gasteiger charge is -2.59. The quantitative estimate of drug-likeness (QED) is 0.109. The number of Topliss-reactive ketones (excluding diaryl/α,β-unsaturated/α-hetero) is 2. The van der Waals surface area contributed by atoms with Crippen LogP contribution in [0, 0.1) is 0 Å². The van der Waals surface area contributed by atoms with Crippen LogP contribution >= 0.6 is 0 Å². The van der Waals surface area contributed by atoms with E-state index < -0.39 is 179 Å². The van der Waals surface area contributed by atoms with E-state index in [-0.39, 0.29) is 30.4 Å². The molecule has 0 bridgehead atoms. The van der Waals surface area contributed by atoms with Crippen LogP contribution in [0.3, 0.4) is 0 Å². The topological polar surface area (TPSA) is 348 Å². The number of nitrogens with two attached hydrogens (primary N) is 1. The number of phenols is 1. The summed E-state index contributed by atoms with van der Waals surface area (Å²) in [5.74, 6) is -4.33. The van der Waals surface area contributed by atoms with Crippen molar-refractivity contribution >= 4 is 23.6 Å². The van der Waals surface area contributed by atoms with E-state index in [1.807, 2.05) is 0 Å². The molecule has 4 fully saturated rings. The highest BCUT2D eigenvalue weighted by Gasteiger charge is 2.75. The molecule has 7 aliphatic rings. The number of ketones is 2. The molecule has 4 aliphatic heterocycles. The number of fused-ring (bicyclic) bond motifs is 3. The summed E-state index contributed by atoms with van der Waals surface area (Å²) in [7, 11) is 1.32. The van der Waals surface area contributed by atoms with Gasteiger partial charge < -0.3 is 94.0 Å². The Kier molecular flexibility index (Phi) is 14.8. The number of carbonyl (C=O) groups is 4. The van der Waals surface area contributed by atoms with Gasteiger partial charge in [0.1, 0.15) is 42.4 Å². The molecule has 0 aromatic heterocycles. The molecular weight excluding hydrogens is 943 g/mol. The summed E-state index contributed by atoms with van der Waals surface area (Å²) < 4.78 is 59.0. The molecule has 0 saturated carbocycles. The van der Waals surface area contributed by atoms with E-state index in [4.69, 9.17) is 53.1 Å². The van der Waals surface area contributed by atoms with Gasteiger partial charge in [-0.15, -0.1) is 0 Å². The van der Waals surface area contributed by atoms with Gasteiger partial charge in [-0.05, 0) is 59.6 Å². The summed E-state index contributed by atoms with van der Waals surface area (Å²) in [6, 6.07) is 2.45. The van der Waals surface area contributed by atoms with Gasteiger partial charge >= 0.3 is 12.1 Å². The van der Waals surface area contributed by atoms with Gasteiger partial charge in [-0.1, -0.05) is 12.1 Å². The average Bonchev–Trinajstić information content (AvgIpc) is 3.28. The highest BCUT2D eigenvalue weighted by Crippen LogP contribution is 2.56. The number of phenolic OH excluding ortho intramolecular Hbond substituents is 1. The van der Waals surface area contributed by atoms with Crippen molar-refractivity contribution in [2.45, 2.75) is 208 Å². The summed E-state index contributed by atoms with van der Waals surface area (Å²) >= 11 is 0. The molecule has 23 nitrogen and oxygen atoms in total. The molecule has 394 valence electrons. The first kappa shape index (κ1) is 53.3. The zero-order valence-electron chi connectivity index (χ0n) is 40.5. The smallest absolute Gasteiger partial charge is 0.404 e. The third-order valence-corrected chi connectivity index (χ3v) is 15.1. The number of methoxy groups -OCH3 is 1. The van der Waals surface area contributed by atoms with E-state index in [1.165, 1.54) is 39.2 Å². The predicted octanol–water partition coefficient (Wildman–Crippen LogP) is -0.0910. The molecule has 0 unspecified atom stereocenters. The minimum Gasteiger partial charge on any atom is -0.507 e. The molecule has 3 aliphatic carbocycles. The predicted molar refractivity (Wildman–Crippen MR) is 237 cm³/mol. The summed E-state index contributed by atoms with van der Waals surface area (Å²) in [6.07, 6.45) is -21.5. The van der Waals surface area contributed by atoms with E-state index in [0.29, 0.717) is 12.8 Å². The number of hydrogen-bond donors (Lipinski definition) is 9. The lowest BCUT2D eigenvalue weighted by molar-refractivity contribution is -0.336. The maximum atomic E-state index is 15.0. The molecule has 21 atom stereocenters. The van der Waals surface area contributed by atoms with Gasteiger partial charge in [-0.2, -0.15) is 0 Å². The number of carbonyl (C=O) groups excluding carboxylic acids is 4. The Bertz CT molecular complexity index is 2320. The van der Waals surface area contributed by atoms with Crippen molar-refractivity contribution in [3.8, 4) is 5.75 Å². The summed E-state index contributed by atoms with van der Waals surface area (Å²) in [5.41, 5.74) is -5.76. The van der Waals surface area contributed by atoms with Crippen LogP contribution in [0.15, 0.2) is 34.9 Å². The van der Waals surface area contributed by atoms with Crippen molar-refractivity contribution in [3.63, 3.8) is 0 Å². The van der Waals surface area contributed by atoms with Gasteiger partial charge in [0.15, 0.2) is 53.8 Å². The molecule has 23 heteroatoms. The Hall–Kier alpha value is -4.02. The molecule has 4 saturated heterocycles. The van der Waals surface area contributed by atoms with E-state index in [9.17, 15) is 55.2 Å². The van der Waals surface area contributed by atoms with Crippen LogP contribution < -0.4 is 5.73 Å². The number of rotatable bonds is 10. The number of amides is 1. The summed E-state index contributed by atoms with van der Waals surface area (Å²) in [6.45, 7) is 10.3. The Labute approximate surface area is 408 Å². The van der Waals surface area contributed by atoms with Gasteiger partial charge in [0.25, 0.3) is 0 Å². The number of primary amides is 1. The Morgan fingerprint density at radius 1 is 0.789 bits per heavy atom. The monoisotopic (exact) mass is 1010 g/mol. The molecule has 1 aromatic rings. The van der Waals surface area contributed by atoms with Gasteiger partial charge in [0, 0.05) is 62.0 Å². The van der Waals surface area contributed by atoms with Gasteiger partial charge in [0.05, 0.1) is 53.9 Å². The third kappa shape index (κ3) is 9.13. The first-order valence-corrected chi connectivity index (χ1v) is 23.8. The lowest BCUT2D eigenvalue weighted by Crippen LogP contribution is -2.80. The first-order valence-electron chi connectivity index (χ1n) is 23.8. The standard InChI is InChI=1S/C48H65NO22/c1-17-13-29(69-31-15-28(62-8)41(20(4)65-31)71-45(49)58)47(60)35-34(40(56)44(67-22(6)50)48(47,61)42(17)57)39(55)33-24(38(35)54)10-9-23(37(33)53)26-14-27(36(52)19(3)63-26)68-32-16-46(7,59)43(21(5)66-32)70-30-12-11-25(51)18(2)64-30/h9-10,13,18-21,25-32,36,40-44,51-53,56-57,59-61H,11-12,14-16H2,1-8H3,(H2,49,58)/t18-,19-,20-,21-,25+,26-,27-,28-,29+,30+,31-,32+,36-,40+,41-,42-,43-,44+,46+,47-,48+/m1/s1. The number of aliphatic hydroxyl groups excluding tert-OH is 4. The Morgan fingerprint density at radius 2 is 1.46 bits per heavy atom. The third-order valence-electron chi connectivity index (χ3n) is 15.1. The largest absolute Gasteiger partial charge is 0.507 e. The van der Waals surface area contributed by atoms with Gasteiger partial charge in [-0.3, -0.25) is 14.4 Å². The number of hydrogen-bond acceptors (Lipinski definition) is 22. The van der Waals surface area contributed by atoms with Crippen LogP contribution in [-0.2, 0) is 52.2 Å². The fraction of sp³-hybridized carbons (Fsp3) is 0.708. The van der Waals surface area contributed by atoms with E-state index in [2.05, 4.69) is 0 Å². The number of ether oxygens (including phenoxy) is 10. The van der Waals surface area contributed by atoms with Crippen LogP contribution in [0.2, 0.25) is 0 Å². The lowest BCUT2D eigenvalue weighted by atomic mass is 9.54. The maximum Gasteiger partial charge on any atom is 0.404 e. The van der Waals surface area contributed by atoms with Crippen LogP contribution in [0.25, 0.3) is 0 Å². The molecule has 8 rings (SSSR count). The molecular formula is C48H65NO22. The van der Waals surface area contributed by atoms with Gasteiger partial charge in [-0.25, -0.2) is 4.79 Å². The van der Waals surface area contributed by atoms with Crippen LogP contribution in [0.5, 0.6) is 5.75 Å². The minimum absolute atomic E-state index is 0.0497. The Morgan fingerprint density at radius 3 is 2.10 bits per heavy atom. The maximum absolute atomic E-state index is 15.0. The second-order valence-electron chi connectivity index (χ2n) is 20.0. The van der Waals surface area contributed by atoms with E-state index in [0.717, 1.165) is 6.92 Å². The normalized spacial score (nSPS) is 44.7. The molecule has 0 radical (unpaired) electrons. The Balaban J connectivity index is 1.10. The molecule has 4 heterocycles. The van der Waals surface area contributed by atoms with Crippen molar-refractivity contribution in [1.29, 1.82) is 0 Å². The number of aromatic hydroxyl groups is 1. The van der Waals surface area contributed by atoms with Crippen LogP contribution in [-0.4, -0.2) is 193 Å². The zero-order chi connectivity index (χ0) is 52.0. The van der Waals surface area contributed by atoms with Crippen LogP contribution in [0.1, 0.15) is 113 Å². The summed E-state index contributed by atoms with van der Waals surface area (Å²) in [4.78, 5) is 54.4. The van der Waals surface area contributed by atoms with Crippen molar-refractivity contribution < 1.29 is 107 Å². The number of aliphatic hydroxyl groups is 7. The van der Waals surface area contributed by atoms with Gasteiger partial charge in [0.2, 0.25) is 0 Å². The van der Waals surface area contributed by atoms with Crippen molar-refractivity contribution in [3.05, 3.63) is 51.6 Å². The van der Waals surface area contributed by atoms with Crippen molar-refractivity contribution in [1.82, 2.24) is 0 Å². The molecule has 1 aromatic carbocycles. The van der Waals surface area contributed by atoms with Crippen molar-refractivity contribution in [2.24, 2.45) is 5.73 Å². The van der Waals surface area contributed by atoms with E-state index >= 15 is 4.79 Å². The highest BCUT2D eigenvalue weighted by molar-refractivity contribution is 6.29. The molecule has 10 N–H and O–H groups in total. The fourth-order valence-electron chi connectivity index (χ4n) is 11.5. The number of esters is 1. The minimum atomic E-state index is -3.22. The molecule has 71 heavy (non-hydrogen) atoms. The summed E-state index contributed by atoms with van der Waals surface area (Å²) in [5, 5.41) is 94.8. The zero-order valence-corrected chi connectivity index (χ0v) is 40.5. The number of benzene rings is 1. The first-order chi connectivity index (χ1) is 33.2.